The molecule has 0 aliphatic heterocycles. The van der Waals surface area contributed by atoms with Gasteiger partial charge in [0.1, 0.15) is 6.04 Å². The van der Waals surface area contributed by atoms with Crippen molar-refractivity contribution in [3.05, 3.63) is 36.0 Å². The number of unbranched alkanes of at least 4 members (excludes halogenated alkanes) is 1. The molecule has 1 aromatic carbocycles. The molecule has 2 aromatic rings. The minimum Gasteiger partial charge on any atom is -0.480 e. The fraction of sp³-hybridized carbons (Fsp3) is 0.412. The molecule has 1 heterocycles. The van der Waals surface area contributed by atoms with Crippen molar-refractivity contribution < 1.29 is 14.7 Å². The van der Waals surface area contributed by atoms with Gasteiger partial charge in [-0.15, -0.1) is 0 Å². The summed E-state index contributed by atoms with van der Waals surface area (Å²) in [6.07, 6.45) is 4.27. The number of benzene rings is 1. The van der Waals surface area contributed by atoms with E-state index in [1.54, 1.807) is 0 Å². The third-order valence-corrected chi connectivity index (χ3v) is 3.81. The molecule has 0 spiro atoms. The summed E-state index contributed by atoms with van der Waals surface area (Å²) in [5.74, 6) is -1.22. The van der Waals surface area contributed by atoms with Crippen LogP contribution in [0.3, 0.4) is 0 Å². The van der Waals surface area contributed by atoms with Crippen LogP contribution in [0.5, 0.6) is 0 Å². The molecule has 22 heavy (non-hydrogen) atoms. The van der Waals surface area contributed by atoms with E-state index in [1.165, 1.54) is 0 Å². The number of carboxylic acids is 1. The first-order chi connectivity index (χ1) is 10.5. The zero-order valence-electron chi connectivity index (χ0n) is 13.0. The lowest BCUT2D eigenvalue weighted by molar-refractivity contribution is -0.141. The largest absolute Gasteiger partial charge is 0.480 e. The minimum atomic E-state index is -0.972. The summed E-state index contributed by atoms with van der Waals surface area (Å²) in [5.41, 5.74) is 1.97. The number of fused-ring (bicyclic) bond motifs is 1. The highest BCUT2D eigenvalue weighted by Gasteiger charge is 2.20. The number of amides is 1. The molecule has 1 atom stereocenters. The van der Waals surface area contributed by atoms with Crippen molar-refractivity contribution in [1.29, 1.82) is 0 Å². The van der Waals surface area contributed by atoms with Crippen LogP contribution in [0, 0.1) is 0 Å². The Balaban J connectivity index is 2.08. The first kappa shape index (κ1) is 16.1. The summed E-state index contributed by atoms with van der Waals surface area (Å²) in [4.78, 5) is 23.4. The van der Waals surface area contributed by atoms with Gasteiger partial charge in [-0.05, 0) is 18.1 Å². The summed E-state index contributed by atoms with van der Waals surface area (Å²) in [6.45, 7) is 2.00. The van der Waals surface area contributed by atoms with Crippen LogP contribution >= 0.6 is 0 Å². The van der Waals surface area contributed by atoms with Crippen LogP contribution in [-0.4, -0.2) is 27.6 Å². The lowest BCUT2D eigenvalue weighted by atomic mass is 10.1. The number of carboxylic acid groups (broad SMARTS) is 1. The number of aromatic nitrogens is 1. The van der Waals surface area contributed by atoms with Gasteiger partial charge in [0.2, 0.25) is 5.91 Å². The average Bonchev–Trinajstić information content (AvgIpc) is 2.80. The molecule has 0 saturated carbocycles. The lowest BCUT2D eigenvalue weighted by Gasteiger charge is -2.13. The number of hydrogen-bond acceptors (Lipinski definition) is 2. The fourth-order valence-corrected chi connectivity index (χ4v) is 2.65. The van der Waals surface area contributed by atoms with E-state index >= 15 is 0 Å². The maximum atomic E-state index is 12.2. The van der Waals surface area contributed by atoms with Crippen molar-refractivity contribution in [2.75, 3.05) is 0 Å². The van der Waals surface area contributed by atoms with E-state index in [-0.39, 0.29) is 12.3 Å². The van der Waals surface area contributed by atoms with Crippen molar-refractivity contribution in [1.82, 2.24) is 9.88 Å². The summed E-state index contributed by atoms with van der Waals surface area (Å²) < 4.78 is 1.98. The smallest absolute Gasteiger partial charge is 0.326 e. The summed E-state index contributed by atoms with van der Waals surface area (Å²) in [6, 6.07) is 7.06. The highest BCUT2D eigenvalue weighted by molar-refractivity contribution is 5.90. The van der Waals surface area contributed by atoms with E-state index in [0.29, 0.717) is 6.42 Å². The van der Waals surface area contributed by atoms with Crippen molar-refractivity contribution in [2.24, 2.45) is 7.05 Å². The van der Waals surface area contributed by atoms with Gasteiger partial charge < -0.3 is 15.0 Å². The van der Waals surface area contributed by atoms with Crippen LogP contribution in [-0.2, 0) is 23.1 Å². The zero-order chi connectivity index (χ0) is 16.1. The predicted molar refractivity (Wildman–Crippen MR) is 85.7 cm³/mol. The number of hydrogen-bond donors (Lipinski definition) is 2. The highest BCUT2D eigenvalue weighted by Crippen LogP contribution is 2.20. The number of carbonyl (C=O) groups is 2. The maximum Gasteiger partial charge on any atom is 0.326 e. The van der Waals surface area contributed by atoms with E-state index < -0.39 is 12.0 Å². The Morgan fingerprint density at radius 3 is 2.73 bits per heavy atom. The second kappa shape index (κ2) is 7.11. The molecular formula is C17H22N2O3. The number of carbonyl (C=O) groups excluding carboxylic acids is 1. The minimum absolute atomic E-state index is 0.192. The van der Waals surface area contributed by atoms with Crippen LogP contribution in [0.25, 0.3) is 10.9 Å². The third kappa shape index (κ3) is 3.67. The standard InChI is InChI=1S/C17H22N2O3/c1-3-4-8-14(17(21)22)18-16(20)10-12-11-19(2)15-9-6-5-7-13(12)15/h5-7,9,11,14H,3-4,8,10H2,1-2H3,(H,18,20)(H,21,22). The van der Waals surface area contributed by atoms with E-state index in [1.807, 2.05) is 49.0 Å². The van der Waals surface area contributed by atoms with Gasteiger partial charge in [0.05, 0.1) is 6.42 Å². The van der Waals surface area contributed by atoms with Crippen LogP contribution in [0.4, 0.5) is 0 Å². The molecule has 0 saturated heterocycles. The molecule has 5 nitrogen and oxygen atoms in total. The van der Waals surface area contributed by atoms with Crippen LogP contribution < -0.4 is 5.32 Å². The summed E-state index contributed by atoms with van der Waals surface area (Å²) in [7, 11) is 1.94. The van der Waals surface area contributed by atoms with Crippen molar-refractivity contribution in [3.63, 3.8) is 0 Å². The molecule has 0 fully saturated rings. The molecule has 1 unspecified atom stereocenters. The Kier molecular flexibility index (Phi) is 5.20. The lowest BCUT2D eigenvalue weighted by Crippen LogP contribution is -2.41. The highest BCUT2D eigenvalue weighted by atomic mass is 16.4. The molecule has 5 heteroatoms. The van der Waals surface area contributed by atoms with Gasteiger partial charge in [-0.1, -0.05) is 38.0 Å². The number of aryl methyl sites for hydroxylation is 1. The van der Waals surface area contributed by atoms with E-state index in [2.05, 4.69) is 5.32 Å². The van der Waals surface area contributed by atoms with Gasteiger partial charge in [-0.3, -0.25) is 4.79 Å². The average molecular weight is 302 g/mol. The first-order valence-electron chi connectivity index (χ1n) is 7.58. The molecule has 0 bridgehead atoms. The van der Waals surface area contributed by atoms with Gasteiger partial charge in [0.15, 0.2) is 0 Å². The van der Waals surface area contributed by atoms with Gasteiger partial charge in [0, 0.05) is 24.1 Å². The fourth-order valence-electron chi connectivity index (χ4n) is 2.65. The Morgan fingerprint density at radius 1 is 1.32 bits per heavy atom. The topological polar surface area (TPSA) is 71.3 Å². The molecule has 118 valence electrons. The molecular weight excluding hydrogens is 280 g/mol. The number of nitrogens with zero attached hydrogens (tertiary/aromatic N) is 1. The Bertz CT molecular complexity index is 676. The number of para-hydroxylation sites is 1. The van der Waals surface area contributed by atoms with Gasteiger partial charge in [-0.25, -0.2) is 4.79 Å². The van der Waals surface area contributed by atoms with Crippen LogP contribution in [0.2, 0.25) is 0 Å². The third-order valence-electron chi connectivity index (χ3n) is 3.81. The summed E-state index contributed by atoms with van der Waals surface area (Å²) in [5, 5.41) is 12.8. The molecule has 2 N–H and O–H groups in total. The Labute approximate surface area is 129 Å². The molecule has 1 aromatic heterocycles. The second-order valence-corrected chi connectivity index (χ2v) is 5.56. The Hall–Kier alpha value is -2.30. The van der Waals surface area contributed by atoms with E-state index in [9.17, 15) is 14.7 Å². The van der Waals surface area contributed by atoms with E-state index in [0.717, 1.165) is 29.3 Å². The van der Waals surface area contributed by atoms with Crippen molar-refractivity contribution >= 4 is 22.8 Å². The van der Waals surface area contributed by atoms with Crippen LogP contribution in [0.1, 0.15) is 31.7 Å². The van der Waals surface area contributed by atoms with Crippen LogP contribution in [0.15, 0.2) is 30.5 Å². The zero-order valence-corrected chi connectivity index (χ0v) is 13.0. The first-order valence-corrected chi connectivity index (χ1v) is 7.58. The maximum absolute atomic E-state index is 12.2. The number of aliphatic carboxylic acids is 1. The predicted octanol–water partition coefficient (Wildman–Crippen LogP) is 2.48. The second-order valence-electron chi connectivity index (χ2n) is 5.56. The molecule has 0 radical (unpaired) electrons. The number of nitrogens with one attached hydrogen (secondary N) is 1. The SMILES string of the molecule is CCCCC(NC(=O)Cc1cn(C)c2ccccc12)C(=O)O. The molecule has 1 amide bonds. The molecule has 0 aliphatic carbocycles. The van der Waals surface area contributed by atoms with E-state index in [4.69, 9.17) is 0 Å². The Morgan fingerprint density at radius 2 is 2.05 bits per heavy atom. The van der Waals surface area contributed by atoms with Crippen molar-refractivity contribution in [3.8, 4) is 0 Å². The monoisotopic (exact) mass is 302 g/mol. The quantitative estimate of drug-likeness (QED) is 0.825. The van der Waals surface area contributed by atoms with Gasteiger partial charge in [0.25, 0.3) is 0 Å². The molecule has 0 aliphatic rings. The van der Waals surface area contributed by atoms with Crippen molar-refractivity contribution in [2.45, 2.75) is 38.6 Å². The number of rotatable bonds is 7. The molecule has 2 rings (SSSR count). The summed E-state index contributed by atoms with van der Waals surface area (Å²) >= 11 is 0. The normalized spacial score (nSPS) is 12.3. The van der Waals surface area contributed by atoms with Gasteiger partial charge in [-0.2, -0.15) is 0 Å². The van der Waals surface area contributed by atoms with Gasteiger partial charge >= 0.3 is 5.97 Å².